The van der Waals surface area contributed by atoms with E-state index in [1.54, 1.807) is 4.90 Å². The number of likely N-dealkylation sites (tertiary alicyclic amines) is 1. The summed E-state index contributed by atoms with van der Waals surface area (Å²) in [5.74, 6) is -0.0567. The molecule has 1 aliphatic heterocycles. The summed E-state index contributed by atoms with van der Waals surface area (Å²) in [4.78, 5) is 14.1. The molecule has 15 heavy (non-hydrogen) atoms. The number of carbonyl (C=O) groups is 1. The third-order valence-electron chi connectivity index (χ3n) is 2.75. The number of aromatic amines is 1. The molecule has 0 aromatic carbocycles. The summed E-state index contributed by atoms with van der Waals surface area (Å²) >= 11 is 3.59. The molecule has 6 heteroatoms. The number of amides is 1. The van der Waals surface area contributed by atoms with Gasteiger partial charge in [-0.15, -0.1) is 0 Å². The van der Waals surface area contributed by atoms with Crippen LogP contribution in [0.1, 0.15) is 24.3 Å². The van der Waals surface area contributed by atoms with Crippen LogP contribution in [0.15, 0.2) is 6.20 Å². The second-order valence-corrected chi connectivity index (χ2v) is 5.60. The number of nitrogens with zero attached hydrogens (tertiary/aromatic N) is 3. The summed E-state index contributed by atoms with van der Waals surface area (Å²) in [7, 11) is 0. The van der Waals surface area contributed by atoms with Crippen molar-refractivity contribution in [2.24, 2.45) is 5.41 Å². The maximum absolute atomic E-state index is 11.9. The standard InChI is InChI=1S/C9H13BrN4O/c1-9(2)5-14(4-7(9)10)8(15)6-3-11-13-12-6/h3,7H,4-5H2,1-2H3,(H,11,12,13). The predicted octanol–water partition coefficient (Wildman–Crippen LogP) is 1.05. The highest BCUT2D eigenvalue weighted by Crippen LogP contribution is 2.35. The number of H-pyrrole nitrogens is 1. The molecule has 1 atom stereocenters. The zero-order chi connectivity index (χ0) is 11.1. The first kappa shape index (κ1) is 10.6. The SMILES string of the molecule is CC1(C)CN(C(=O)c2cn[nH]n2)CC1Br. The van der Waals surface area contributed by atoms with Gasteiger partial charge in [0.15, 0.2) is 5.69 Å². The van der Waals surface area contributed by atoms with Gasteiger partial charge in [0.1, 0.15) is 0 Å². The molecule has 82 valence electrons. The molecule has 0 radical (unpaired) electrons. The Bertz CT molecular complexity index is 362. The lowest BCUT2D eigenvalue weighted by Gasteiger charge is -2.20. The van der Waals surface area contributed by atoms with Gasteiger partial charge in [0.05, 0.1) is 6.20 Å². The van der Waals surface area contributed by atoms with Gasteiger partial charge in [0, 0.05) is 17.9 Å². The highest BCUT2D eigenvalue weighted by Gasteiger charge is 2.40. The molecule has 0 saturated carbocycles. The number of hydrogen-bond acceptors (Lipinski definition) is 3. The van der Waals surface area contributed by atoms with Crippen molar-refractivity contribution in [2.45, 2.75) is 18.7 Å². The molecular formula is C9H13BrN4O. The monoisotopic (exact) mass is 272 g/mol. The molecule has 1 N–H and O–H groups in total. The summed E-state index contributed by atoms with van der Waals surface area (Å²) < 4.78 is 0. The number of halogens is 1. The Labute approximate surface area is 96.4 Å². The highest BCUT2D eigenvalue weighted by molar-refractivity contribution is 9.09. The number of nitrogens with one attached hydrogen (secondary N) is 1. The van der Waals surface area contributed by atoms with Gasteiger partial charge >= 0.3 is 0 Å². The lowest BCUT2D eigenvalue weighted by molar-refractivity contribution is 0.0772. The van der Waals surface area contributed by atoms with Crippen molar-refractivity contribution in [3.63, 3.8) is 0 Å². The average Bonchev–Trinajstić information content (AvgIpc) is 2.74. The molecule has 5 nitrogen and oxygen atoms in total. The Hall–Kier alpha value is -0.910. The van der Waals surface area contributed by atoms with Crippen molar-refractivity contribution in [3.8, 4) is 0 Å². The van der Waals surface area contributed by atoms with Crippen LogP contribution in [0.3, 0.4) is 0 Å². The highest BCUT2D eigenvalue weighted by atomic mass is 79.9. The van der Waals surface area contributed by atoms with E-state index in [9.17, 15) is 4.79 Å². The maximum Gasteiger partial charge on any atom is 0.276 e. The topological polar surface area (TPSA) is 61.9 Å². The summed E-state index contributed by atoms with van der Waals surface area (Å²) in [6.45, 7) is 5.75. The minimum Gasteiger partial charge on any atom is -0.335 e. The van der Waals surface area contributed by atoms with E-state index in [2.05, 4.69) is 45.2 Å². The fourth-order valence-electron chi connectivity index (χ4n) is 1.72. The van der Waals surface area contributed by atoms with E-state index >= 15 is 0 Å². The predicted molar refractivity (Wildman–Crippen MR) is 58.8 cm³/mol. The molecule has 0 spiro atoms. The van der Waals surface area contributed by atoms with E-state index < -0.39 is 0 Å². The second-order valence-electron chi connectivity index (χ2n) is 4.50. The van der Waals surface area contributed by atoms with E-state index in [4.69, 9.17) is 0 Å². The Morgan fingerprint density at radius 3 is 2.93 bits per heavy atom. The molecule has 1 aliphatic rings. The molecule has 2 rings (SSSR count). The number of rotatable bonds is 1. The van der Waals surface area contributed by atoms with Crippen LogP contribution in [0.25, 0.3) is 0 Å². The van der Waals surface area contributed by atoms with Crippen LogP contribution in [0.5, 0.6) is 0 Å². The molecule has 1 aromatic heterocycles. The van der Waals surface area contributed by atoms with Gasteiger partial charge in [-0.3, -0.25) is 4.79 Å². The molecule has 1 amide bonds. The third kappa shape index (κ3) is 1.90. The molecule has 0 aliphatic carbocycles. The normalized spacial score (nSPS) is 24.5. The first-order valence-electron chi connectivity index (χ1n) is 4.80. The second kappa shape index (κ2) is 3.59. The van der Waals surface area contributed by atoms with Crippen molar-refractivity contribution in [3.05, 3.63) is 11.9 Å². The van der Waals surface area contributed by atoms with Gasteiger partial charge in [-0.05, 0) is 5.41 Å². The minimum atomic E-state index is -0.0567. The van der Waals surface area contributed by atoms with Crippen molar-refractivity contribution in [2.75, 3.05) is 13.1 Å². The lowest BCUT2D eigenvalue weighted by atomic mass is 9.93. The van der Waals surface area contributed by atoms with Crippen LogP contribution in [-0.2, 0) is 0 Å². The summed E-state index contributed by atoms with van der Waals surface area (Å²) in [6, 6.07) is 0. The van der Waals surface area contributed by atoms with Gasteiger partial charge in [-0.25, -0.2) is 0 Å². The Morgan fingerprint density at radius 2 is 2.47 bits per heavy atom. The van der Waals surface area contributed by atoms with Crippen LogP contribution < -0.4 is 0 Å². The largest absolute Gasteiger partial charge is 0.335 e. The quantitative estimate of drug-likeness (QED) is 0.778. The third-order valence-corrected chi connectivity index (χ3v) is 4.28. The van der Waals surface area contributed by atoms with Crippen molar-refractivity contribution < 1.29 is 4.79 Å². The molecule has 2 heterocycles. The average molecular weight is 273 g/mol. The first-order chi connectivity index (χ1) is 7.00. The first-order valence-corrected chi connectivity index (χ1v) is 5.71. The fourth-order valence-corrected chi connectivity index (χ4v) is 2.21. The van der Waals surface area contributed by atoms with Gasteiger partial charge in [-0.1, -0.05) is 29.8 Å². The summed E-state index contributed by atoms with van der Waals surface area (Å²) in [5, 5.41) is 9.87. The number of hydrogen-bond donors (Lipinski definition) is 1. The van der Waals surface area contributed by atoms with E-state index in [1.807, 2.05) is 0 Å². The zero-order valence-corrected chi connectivity index (χ0v) is 10.3. The molecular weight excluding hydrogens is 260 g/mol. The smallest absolute Gasteiger partial charge is 0.276 e. The Balaban J connectivity index is 2.12. The van der Waals surface area contributed by atoms with Gasteiger partial charge in [0.2, 0.25) is 0 Å². The number of aromatic nitrogens is 3. The van der Waals surface area contributed by atoms with Crippen LogP contribution in [0, 0.1) is 5.41 Å². The number of alkyl halides is 1. The van der Waals surface area contributed by atoms with Crippen LogP contribution in [0.2, 0.25) is 0 Å². The van der Waals surface area contributed by atoms with E-state index in [-0.39, 0.29) is 11.3 Å². The molecule has 1 unspecified atom stereocenters. The molecule has 1 aromatic rings. The fraction of sp³-hybridized carbons (Fsp3) is 0.667. The molecule has 1 saturated heterocycles. The Kier molecular flexibility index (Phi) is 2.54. The van der Waals surface area contributed by atoms with Crippen molar-refractivity contribution in [1.82, 2.24) is 20.3 Å². The summed E-state index contributed by atoms with van der Waals surface area (Å²) in [5.41, 5.74) is 0.492. The lowest BCUT2D eigenvalue weighted by Crippen LogP contribution is -2.30. The van der Waals surface area contributed by atoms with Gasteiger partial charge < -0.3 is 4.90 Å². The van der Waals surface area contributed by atoms with Gasteiger partial charge in [0.25, 0.3) is 5.91 Å². The van der Waals surface area contributed by atoms with E-state index in [0.29, 0.717) is 10.5 Å². The van der Waals surface area contributed by atoms with Crippen LogP contribution in [-0.4, -0.2) is 44.1 Å². The van der Waals surface area contributed by atoms with Crippen molar-refractivity contribution >= 4 is 21.8 Å². The zero-order valence-electron chi connectivity index (χ0n) is 8.70. The van der Waals surface area contributed by atoms with Gasteiger partial charge in [-0.2, -0.15) is 15.4 Å². The maximum atomic E-state index is 11.9. The number of carbonyl (C=O) groups excluding carboxylic acids is 1. The molecule has 0 bridgehead atoms. The van der Waals surface area contributed by atoms with Crippen LogP contribution >= 0.6 is 15.9 Å². The van der Waals surface area contributed by atoms with Crippen molar-refractivity contribution in [1.29, 1.82) is 0 Å². The molecule has 1 fully saturated rings. The minimum absolute atomic E-state index is 0.0567. The van der Waals surface area contributed by atoms with Crippen LogP contribution in [0.4, 0.5) is 0 Å². The van der Waals surface area contributed by atoms with E-state index in [1.165, 1.54) is 6.20 Å². The summed E-state index contributed by atoms with van der Waals surface area (Å²) in [6.07, 6.45) is 1.46. The Morgan fingerprint density at radius 1 is 1.73 bits per heavy atom. The van der Waals surface area contributed by atoms with E-state index in [0.717, 1.165) is 13.1 Å².